The average molecular weight is 309 g/mol. The number of hydrogen-bond acceptors (Lipinski definition) is 4. The van der Waals surface area contributed by atoms with Crippen molar-refractivity contribution in [2.45, 2.75) is 51.1 Å². The van der Waals surface area contributed by atoms with Crippen LogP contribution in [0.3, 0.4) is 0 Å². The largest absolute Gasteiger partial charge is 0.508 e. The van der Waals surface area contributed by atoms with Gasteiger partial charge in [-0.05, 0) is 49.3 Å². The lowest BCUT2D eigenvalue weighted by molar-refractivity contribution is 0.397. The normalized spacial score (nSPS) is 31.0. The fourth-order valence-corrected chi connectivity index (χ4v) is 5.58. The van der Waals surface area contributed by atoms with Crippen molar-refractivity contribution in [2.75, 3.05) is 11.5 Å². The van der Waals surface area contributed by atoms with Gasteiger partial charge < -0.3 is 10.4 Å². The Bertz CT molecular complexity index is 654. The molecular formula is C16H23NO3S. The molecule has 5 heteroatoms. The third-order valence-electron chi connectivity index (χ3n) is 4.81. The molecule has 1 aliphatic heterocycles. The lowest BCUT2D eigenvalue weighted by Gasteiger charge is -2.27. The van der Waals surface area contributed by atoms with Gasteiger partial charge in [0.2, 0.25) is 0 Å². The van der Waals surface area contributed by atoms with Crippen LogP contribution < -0.4 is 5.32 Å². The number of sulfone groups is 1. The van der Waals surface area contributed by atoms with Gasteiger partial charge >= 0.3 is 0 Å². The molecule has 3 atom stereocenters. The minimum absolute atomic E-state index is 0.00631. The Morgan fingerprint density at radius 2 is 2.05 bits per heavy atom. The van der Waals surface area contributed by atoms with E-state index in [1.54, 1.807) is 6.07 Å². The topological polar surface area (TPSA) is 66.4 Å². The van der Waals surface area contributed by atoms with Crippen LogP contribution in [0.1, 0.15) is 54.8 Å². The number of phenolic OH excluding ortho intramolecular Hbond substituents is 1. The number of fused-ring (bicyclic) bond motifs is 1. The van der Waals surface area contributed by atoms with Crippen molar-refractivity contribution >= 4 is 9.84 Å². The van der Waals surface area contributed by atoms with E-state index in [0.717, 1.165) is 24.8 Å². The number of nitrogens with one attached hydrogen (secondary N) is 1. The molecule has 0 amide bonds. The first-order valence-electron chi connectivity index (χ1n) is 7.66. The van der Waals surface area contributed by atoms with Gasteiger partial charge in [-0.3, -0.25) is 0 Å². The van der Waals surface area contributed by atoms with Crippen molar-refractivity contribution in [3.05, 3.63) is 28.8 Å². The molecule has 1 heterocycles. The number of hydrogen-bond donors (Lipinski definition) is 2. The standard InChI is InChI=1S/C16H23NO3S/c1-10-5-6-14(18)16-13(8-11(2)15(10)16)17-12-4-3-7-21(19,20)9-12/h5-6,11-13,17-18H,3-4,7-9H2,1-2H3. The van der Waals surface area contributed by atoms with E-state index in [0.29, 0.717) is 17.4 Å². The third-order valence-corrected chi connectivity index (χ3v) is 6.63. The van der Waals surface area contributed by atoms with Crippen molar-refractivity contribution in [3.63, 3.8) is 0 Å². The lowest BCUT2D eigenvalue weighted by Crippen LogP contribution is -2.41. The smallest absolute Gasteiger partial charge is 0.151 e. The van der Waals surface area contributed by atoms with Gasteiger partial charge in [0.1, 0.15) is 5.75 Å². The van der Waals surface area contributed by atoms with Gasteiger partial charge in [-0.25, -0.2) is 8.42 Å². The van der Waals surface area contributed by atoms with Crippen LogP contribution in [0.15, 0.2) is 12.1 Å². The van der Waals surface area contributed by atoms with E-state index in [1.807, 2.05) is 6.07 Å². The number of phenols is 1. The molecular weight excluding hydrogens is 286 g/mol. The van der Waals surface area contributed by atoms with Crippen molar-refractivity contribution in [1.29, 1.82) is 0 Å². The van der Waals surface area contributed by atoms with E-state index in [9.17, 15) is 13.5 Å². The molecule has 116 valence electrons. The second-order valence-electron chi connectivity index (χ2n) is 6.54. The van der Waals surface area contributed by atoms with E-state index in [-0.39, 0.29) is 17.8 Å². The van der Waals surface area contributed by atoms with Crippen molar-refractivity contribution < 1.29 is 13.5 Å². The fraction of sp³-hybridized carbons (Fsp3) is 0.625. The molecule has 1 aliphatic carbocycles. The highest BCUT2D eigenvalue weighted by atomic mass is 32.2. The molecule has 3 unspecified atom stereocenters. The summed E-state index contributed by atoms with van der Waals surface area (Å²) in [7, 11) is -2.91. The second kappa shape index (κ2) is 5.29. The van der Waals surface area contributed by atoms with E-state index < -0.39 is 9.84 Å². The molecule has 0 saturated carbocycles. The van der Waals surface area contributed by atoms with Gasteiger partial charge in [0.15, 0.2) is 9.84 Å². The Morgan fingerprint density at radius 1 is 1.29 bits per heavy atom. The van der Waals surface area contributed by atoms with Crippen molar-refractivity contribution in [3.8, 4) is 5.75 Å². The Kier molecular flexibility index (Phi) is 3.74. The minimum Gasteiger partial charge on any atom is -0.508 e. The first kappa shape index (κ1) is 14.9. The van der Waals surface area contributed by atoms with Gasteiger partial charge in [-0.15, -0.1) is 0 Å². The highest BCUT2D eigenvalue weighted by Gasteiger charge is 2.35. The maximum absolute atomic E-state index is 11.8. The number of aromatic hydroxyl groups is 1. The summed E-state index contributed by atoms with van der Waals surface area (Å²) in [6, 6.07) is 3.77. The van der Waals surface area contributed by atoms with E-state index >= 15 is 0 Å². The van der Waals surface area contributed by atoms with Gasteiger partial charge in [0.05, 0.1) is 11.5 Å². The van der Waals surface area contributed by atoms with Crippen LogP contribution in [-0.4, -0.2) is 31.1 Å². The zero-order chi connectivity index (χ0) is 15.2. The second-order valence-corrected chi connectivity index (χ2v) is 8.77. The molecule has 0 aromatic heterocycles. The zero-order valence-electron chi connectivity index (χ0n) is 12.6. The highest BCUT2D eigenvalue weighted by molar-refractivity contribution is 7.91. The molecule has 2 N–H and O–H groups in total. The Labute approximate surface area is 126 Å². The summed E-state index contributed by atoms with van der Waals surface area (Å²) in [6.45, 7) is 4.24. The van der Waals surface area contributed by atoms with Crippen LogP contribution in [0.2, 0.25) is 0 Å². The summed E-state index contributed by atoms with van der Waals surface area (Å²) in [6.07, 6.45) is 2.55. The molecule has 0 radical (unpaired) electrons. The van der Waals surface area contributed by atoms with Crippen LogP contribution in [0.4, 0.5) is 0 Å². The Morgan fingerprint density at radius 3 is 2.76 bits per heavy atom. The third kappa shape index (κ3) is 2.81. The molecule has 0 bridgehead atoms. The fourth-order valence-electron chi connectivity index (χ4n) is 3.93. The molecule has 1 saturated heterocycles. The quantitative estimate of drug-likeness (QED) is 0.880. The van der Waals surface area contributed by atoms with Crippen molar-refractivity contribution in [1.82, 2.24) is 5.32 Å². The summed E-state index contributed by atoms with van der Waals surface area (Å²) in [4.78, 5) is 0. The Hall–Kier alpha value is -1.07. The molecule has 1 fully saturated rings. The lowest BCUT2D eigenvalue weighted by atomic mass is 9.97. The molecule has 21 heavy (non-hydrogen) atoms. The van der Waals surface area contributed by atoms with Gasteiger partial charge in [0, 0.05) is 17.6 Å². The average Bonchev–Trinajstić information content (AvgIpc) is 2.71. The molecule has 3 rings (SSSR count). The Balaban J connectivity index is 1.85. The molecule has 0 spiro atoms. The number of benzene rings is 1. The van der Waals surface area contributed by atoms with Crippen LogP contribution in [-0.2, 0) is 9.84 Å². The summed E-state index contributed by atoms with van der Waals surface area (Å²) in [5.74, 6) is 1.26. The van der Waals surface area contributed by atoms with Crippen LogP contribution >= 0.6 is 0 Å². The summed E-state index contributed by atoms with van der Waals surface area (Å²) >= 11 is 0. The molecule has 1 aromatic rings. The van der Waals surface area contributed by atoms with Crippen LogP contribution in [0.5, 0.6) is 5.75 Å². The van der Waals surface area contributed by atoms with Crippen molar-refractivity contribution in [2.24, 2.45) is 0 Å². The number of aryl methyl sites for hydroxylation is 1. The first-order valence-corrected chi connectivity index (χ1v) is 9.48. The zero-order valence-corrected chi connectivity index (χ0v) is 13.4. The van der Waals surface area contributed by atoms with Gasteiger partial charge in [0.25, 0.3) is 0 Å². The van der Waals surface area contributed by atoms with E-state index in [2.05, 4.69) is 19.2 Å². The predicted molar refractivity (Wildman–Crippen MR) is 83.4 cm³/mol. The predicted octanol–water partition coefficient (Wildman–Crippen LogP) is 2.42. The summed E-state index contributed by atoms with van der Waals surface area (Å²) < 4.78 is 23.6. The molecule has 1 aromatic carbocycles. The summed E-state index contributed by atoms with van der Waals surface area (Å²) in [5.41, 5.74) is 3.41. The summed E-state index contributed by atoms with van der Waals surface area (Å²) in [5, 5.41) is 13.7. The van der Waals surface area contributed by atoms with Crippen LogP contribution in [0, 0.1) is 6.92 Å². The minimum atomic E-state index is -2.91. The molecule has 4 nitrogen and oxygen atoms in total. The van der Waals surface area contributed by atoms with Gasteiger partial charge in [-0.1, -0.05) is 13.0 Å². The highest BCUT2D eigenvalue weighted by Crippen LogP contribution is 2.46. The maximum atomic E-state index is 11.8. The number of rotatable bonds is 2. The molecule has 2 aliphatic rings. The van der Waals surface area contributed by atoms with Crippen LogP contribution in [0.25, 0.3) is 0 Å². The maximum Gasteiger partial charge on any atom is 0.151 e. The van der Waals surface area contributed by atoms with E-state index in [4.69, 9.17) is 0 Å². The van der Waals surface area contributed by atoms with E-state index in [1.165, 1.54) is 11.1 Å². The first-order chi connectivity index (χ1) is 9.87. The monoisotopic (exact) mass is 309 g/mol. The SMILES string of the molecule is Cc1ccc(O)c2c1C(C)CC2NC1CCCS(=O)(=O)C1. The van der Waals surface area contributed by atoms with Gasteiger partial charge in [-0.2, -0.15) is 0 Å².